The van der Waals surface area contributed by atoms with Crippen molar-refractivity contribution in [1.82, 2.24) is 0 Å². The topological polar surface area (TPSA) is 37.3 Å². The molecule has 0 aromatic carbocycles. The second kappa shape index (κ2) is 5.03. The van der Waals surface area contributed by atoms with Crippen LogP contribution in [0.4, 0.5) is 0 Å². The zero-order valence-corrected chi connectivity index (χ0v) is 6.55. The molecule has 0 spiro atoms. The molecule has 0 aliphatic rings. The Balaban J connectivity index is 3.91. The van der Waals surface area contributed by atoms with E-state index in [0.717, 1.165) is 12.8 Å². The SMILES string of the molecule is CCC/C=C(\CC)C(=O)O. The average Bonchev–Trinajstić information content (AvgIpc) is 1.89. The number of carboxylic acid groups (broad SMARTS) is 1. The van der Waals surface area contributed by atoms with Crippen molar-refractivity contribution in [2.45, 2.75) is 33.1 Å². The van der Waals surface area contributed by atoms with Crippen LogP contribution in [-0.2, 0) is 4.79 Å². The van der Waals surface area contributed by atoms with Crippen LogP contribution in [0.5, 0.6) is 0 Å². The van der Waals surface area contributed by atoms with Gasteiger partial charge in [-0.05, 0) is 12.8 Å². The largest absolute Gasteiger partial charge is 0.478 e. The summed E-state index contributed by atoms with van der Waals surface area (Å²) in [5.74, 6) is -0.782. The van der Waals surface area contributed by atoms with Crippen molar-refractivity contribution >= 4 is 5.97 Å². The summed E-state index contributed by atoms with van der Waals surface area (Å²) >= 11 is 0. The third kappa shape index (κ3) is 3.28. The predicted octanol–water partition coefficient (Wildman–Crippen LogP) is 2.21. The van der Waals surface area contributed by atoms with Crippen LogP contribution in [0.3, 0.4) is 0 Å². The third-order valence-electron chi connectivity index (χ3n) is 1.34. The van der Waals surface area contributed by atoms with E-state index >= 15 is 0 Å². The molecule has 0 aliphatic heterocycles. The Morgan fingerprint density at radius 1 is 1.50 bits per heavy atom. The van der Waals surface area contributed by atoms with Crippen LogP contribution in [-0.4, -0.2) is 11.1 Å². The van der Waals surface area contributed by atoms with Gasteiger partial charge in [-0.2, -0.15) is 0 Å². The Morgan fingerprint density at radius 3 is 2.40 bits per heavy atom. The van der Waals surface area contributed by atoms with E-state index in [2.05, 4.69) is 0 Å². The highest BCUT2D eigenvalue weighted by Crippen LogP contribution is 2.03. The van der Waals surface area contributed by atoms with Gasteiger partial charge in [0.05, 0.1) is 0 Å². The summed E-state index contributed by atoms with van der Waals surface area (Å²) in [5, 5.41) is 8.53. The molecule has 0 aromatic heterocycles. The molecular weight excluding hydrogens is 128 g/mol. The van der Waals surface area contributed by atoms with Crippen molar-refractivity contribution < 1.29 is 9.90 Å². The van der Waals surface area contributed by atoms with E-state index in [9.17, 15) is 4.79 Å². The summed E-state index contributed by atoms with van der Waals surface area (Å²) < 4.78 is 0. The van der Waals surface area contributed by atoms with Crippen molar-refractivity contribution in [3.8, 4) is 0 Å². The van der Waals surface area contributed by atoms with Gasteiger partial charge in [0.25, 0.3) is 0 Å². The van der Waals surface area contributed by atoms with E-state index in [1.54, 1.807) is 6.08 Å². The Labute approximate surface area is 61.6 Å². The number of unbranched alkanes of at least 4 members (excludes halogenated alkanes) is 1. The first-order chi connectivity index (χ1) is 4.72. The van der Waals surface area contributed by atoms with Crippen molar-refractivity contribution in [3.05, 3.63) is 11.6 Å². The number of rotatable bonds is 4. The third-order valence-corrected chi connectivity index (χ3v) is 1.34. The predicted molar refractivity (Wildman–Crippen MR) is 40.9 cm³/mol. The maximum atomic E-state index is 10.4. The molecule has 0 fully saturated rings. The van der Waals surface area contributed by atoms with Crippen molar-refractivity contribution in [2.24, 2.45) is 0 Å². The Kier molecular flexibility index (Phi) is 4.63. The minimum atomic E-state index is -0.782. The van der Waals surface area contributed by atoms with Gasteiger partial charge in [-0.1, -0.05) is 26.3 Å². The smallest absolute Gasteiger partial charge is 0.331 e. The lowest BCUT2D eigenvalue weighted by Crippen LogP contribution is -1.98. The lowest BCUT2D eigenvalue weighted by atomic mass is 10.1. The summed E-state index contributed by atoms with van der Waals surface area (Å²) in [4.78, 5) is 10.4. The van der Waals surface area contributed by atoms with Crippen molar-refractivity contribution in [1.29, 1.82) is 0 Å². The first-order valence-electron chi connectivity index (χ1n) is 3.64. The maximum Gasteiger partial charge on any atom is 0.331 e. The maximum absolute atomic E-state index is 10.4. The molecule has 0 unspecified atom stereocenters. The van der Waals surface area contributed by atoms with Gasteiger partial charge in [0.1, 0.15) is 0 Å². The number of aliphatic carboxylic acids is 1. The van der Waals surface area contributed by atoms with E-state index in [4.69, 9.17) is 5.11 Å². The Bertz CT molecular complexity index is 136. The molecule has 58 valence electrons. The number of hydrogen-bond acceptors (Lipinski definition) is 1. The summed E-state index contributed by atoms with van der Waals surface area (Å²) in [5.41, 5.74) is 0.529. The number of carboxylic acids is 1. The minimum absolute atomic E-state index is 0.529. The summed E-state index contributed by atoms with van der Waals surface area (Å²) in [6, 6.07) is 0. The quantitative estimate of drug-likeness (QED) is 0.611. The van der Waals surface area contributed by atoms with Crippen LogP contribution in [0.2, 0.25) is 0 Å². The van der Waals surface area contributed by atoms with E-state index < -0.39 is 5.97 Å². The highest BCUT2D eigenvalue weighted by molar-refractivity contribution is 5.86. The molecule has 0 heterocycles. The highest BCUT2D eigenvalue weighted by atomic mass is 16.4. The molecule has 2 heteroatoms. The second-order valence-corrected chi connectivity index (χ2v) is 2.18. The normalized spacial score (nSPS) is 11.6. The zero-order chi connectivity index (χ0) is 7.98. The molecule has 0 aliphatic carbocycles. The fourth-order valence-electron chi connectivity index (χ4n) is 0.701. The Hall–Kier alpha value is -0.790. The van der Waals surface area contributed by atoms with Gasteiger partial charge in [-0.3, -0.25) is 0 Å². The first-order valence-corrected chi connectivity index (χ1v) is 3.64. The lowest BCUT2D eigenvalue weighted by molar-refractivity contribution is -0.132. The fourth-order valence-corrected chi connectivity index (χ4v) is 0.701. The molecule has 0 atom stereocenters. The van der Waals surface area contributed by atoms with Gasteiger partial charge < -0.3 is 5.11 Å². The second-order valence-electron chi connectivity index (χ2n) is 2.18. The van der Waals surface area contributed by atoms with E-state index in [-0.39, 0.29) is 0 Å². The molecule has 0 saturated heterocycles. The van der Waals surface area contributed by atoms with Crippen LogP contribution in [0.1, 0.15) is 33.1 Å². The van der Waals surface area contributed by atoms with Gasteiger partial charge in [0.2, 0.25) is 0 Å². The van der Waals surface area contributed by atoms with Crippen LogP contribution < -0.4 is 0 Å². The minimum Gasteiger partial charge on any atom is -0.478 e. The van der Waals surface area contributed by atoms with Gasteiger partial charge in [-0.15, -0.1) is 0 Å². The number of hydrogen-bond donors (Lipinski definition) is 1. The van der Waals surface area contributed by atoms with Gasteiger partial charge in [0, 0.05) is 5.57 Å². The molecular formula is C8H14O2. The standard InChI is InChI=1S/C8H14O2/c1-3-5-6-7(4-2)8(9)10/h6H,3-5H2,1-2H3,(H,9,10)/b7-6+. The molecule has 2 nitrogen and oxygen atoms in total. The van der Waals surface area contributed by atoms with Crippen LogP contribution in [0.15, 0.2) is 11.6 Å². The molecule has 0 bridgehead atoms. The molecule has 10 heavy (non-hydrogen) atoms. The molecule has 0 saturated carbocycles. The molecule has 0 aromatic rings. The fraction of sp³-hybridized carbons (Fsp3) is 0.625. The molecule has 0 rings (SSSR count). The first kappa shape index (κ1) is 9.21. The van der Waals surface area contributed by atoms with Gasteiger partial charge in [-0.25, -0.2) is 4.79 Å². The monoisotopic (exact) mass is 142 g/mol. The van der Waals surface area contributed by atoms with Crippen LogP contribution in [0.25, 0.3) is 0 Å². The van der Waals surface area contributed by atoms with Crippen molar-refractivity contribution in [3.63, 3.8) is 0 Å². The summed E-state index contributed by atoms with van der Waals surface area (Å²) in [7, 11) is 0. The van der Waals surface area contributed by atoms with E-state index in [0.29, 0.717) is 12.0 Å². The van der Waals surface area contributed by atoms with Crippen molar-refractivity contribution in [2.75, 3.05) is 0 Å². The highest BCUT2D eigenvalue weighted by Gasteiger charge is 2.01. The average molecular weight is 142 g/mol. The molecule has 1 N–H and O–H groups in total. The Morgan fingerprint density at radius 2 is 2.10 bits per heavy atom. The number of allylic oxidation sites excluding steroid dienone is 1. The zero-order valence-electron chi connectivity index (χ0n) is 6.55. The van der Waals surface area contributed by atoms with Gasteiger partial charge >= 0.3 is 5.97 Å². The summed E-state index contributed by atoms with van der Waals surface area (Å²) in [6.07, 6.45) is 4.30. The molecule has 0 radical (unpaired) electrons. The van der Waals surface area contributed by atoms with E-state index in [1.165, 1.54) is 0 Å². The van der Waals surface area contributed by atoms with E-state index in [1.807, 2.05) is 13.8 Å². The van der Waals surface area contributed by atoms with Gasteiger partial charge in [0.15, 0.2) is 0 Å². The van der Waals surface area contributed by atoms with Crippen LogP contribution >= 0.6 is 0 Å². The summed E-state index contributed by atoms with van der Waals surface area (Å²) in [6.45, 7) is 3.89. The lowest BCUT2D eigenvalue weighted by Gasteiger charge is -1.94. The van der Waals surface area contributed by atoms with Crippen LogP contribution in [0, 0.1) is 0 Å². The molecule has 0 amide bonds. The number of carbonyl (C=O) groups is 1.